The maximum Gasteiger partial charge on any atom is 0.202 e. The van der Waals surface area contributed by atoms with Crippen LogP contribution in [0.4, 0.5) is 0 Å². The van der Waals surface area contributed by atoms with Crippen LogP contribution in [0.5, 0.6) is 0 Å². The Morgan fingerprint density at radius 3 is 1.50 bits per heavy atom. The quantitative estimate of drug-likeness (QED) is 0.103. The standard InChI is InChI=1S/C10H20N6O4/c11-9(7-15(13)1-3-17)19-5-6-20-10(12)8-16(14)2-4-18/h3-4,7-8H,1-2,5-6,11-14H2/b9-7+,10-8+. The molecule has 0 heterocycles. The van der Waals surface area contributed by atoms with Crippen molar-refractivity contribution in [2.24, 2.45) is 23.2 Å². The van der Waals surface area contributed by atoms with Crippen LogP contribution < -0.4 is 23.2 Å². The number of nitrogens with two attached hydrogens (primary N) is 4. The number of rotatable bonds is 11. The van der Waals surface area contributed by atoms with Crippen molar-refractivity contribution < 1.29 is 19.1 Å². The number of carbonyl (C=O) groups excluding carboxylic acids is 2. The second-order valence-corrected chi connectivity index (χ2v) is 3.49. The largest absolute Gasteiger partial charge is 0.475 e. The van der Waals surface area contributed by atoms with E-state index in [4.69, 9.17) is 32.6 Å². The highest BCUT2D eigenvalue weighted by Crippen LogP contribution is 1.93. The number of ether oxygens (including phenoxy) is 2. The Balaban J connectivity index is 3.90. The molecule has 0 fully saturated rings. The fraction of sp³-hybridized carbons (Fsp3) is 0.400. The lowest BCUT2D eigenvalue weighted by Gasteiger charge is -2.13. The van der Waals surface area contributed by atoms with Gasteiger partial charge in [-0.15, -0.1) is 0 Å². The average molecular weight is 288 g/mol. The molecule has 0 spiro atoms. The minimum Gasteiger partial charge on any atom is -0.475 e. The van der Waals surface area contributed by atoms with Gasteiger partial charge in [0, 0.05) is 0 Å². The number of hydrogen-bond donors (Lipinski definition) is 4. The van der Waals surface area contributed by atoms with Crippen LogP contribution in [0.3, 0.4) is 0 Å². The molecule has 0 bridgehead atoms. The molecule has 0 amide bonds. The predicted molar refractivity (Wildman–Crippen MR) is 70.4 cm³/mol. The van der Waals surface area contributed by atoms with Gasteiger partial charge in [-0.05, 0) is 0 Å². The molecule has 0 aromatic carbocycles. The number of hydrazine groups is 2. The Labute approximate surface area is 116 Å². The first-order chi connectivity index (χ1) is 9.49. The number of aldehydes is 2. The van der Waals surface area contributed by atoms with Crippen molar-refractivity contribution >= 4 is 12.6 Å². The molecular weight excluding hydrogens is 268 g/mol. The van der Waals surface area contributed by atoms with E-state index in [0.29, 0.717) is 12.6 Å². The summed E-state index contributed by atoms with van der Waals surface area (Å²) in [4.78, 5) is 20.3. The minimum atomic E-state index is -0.000682. The van der Waals surface area contributed by atoms with Gasteiger partial charge in [0.2, 0.25) is 11.8 Å². The van der Waals surface area contributed by atoms with E-state index in [1.807, 2.05) is 0 Å². The van der Waals surface area contributed by atoms with Crippen LogP contribution in [0.15, 0.2) is 24.2 Å². The summed E-state index contributed by atoms with van der Waals surface area (Å²) in [6, 6.07) is 0. The van der Waals surface area contributed by atoms with Gasteiger partial charge in [0.15, 0.2) is 0 Å². The highest BCUT2D eigenvalue weighted by atomic mass is 16.5. The first kappa shape index (κ1) is 17.5. The smallest absolute Gasteiger partial charge is 0.202 e. The Morgan fingerprint density at radius 2 is 1.20 bits per heavy atom. The summed E-state index contributed by atoms with van der Waals surface area (Å²) < 4.78 is 10.1. The number of carbonyl (C=O) groups is 2. The van der Waals surface area contributed by atoms with Crippen molar-refractivity contribution in [3.63, 3.8) is 0 Å². The molecule has 10 nitrogen and oxygen atoms in total. The summed E-state index contributed by atoms with van der Waals surface area (Å²) in [5.74, 6) is 10.8. The summed E-state index contributed by atoms with van der Waals surface area (Å²) >= 11 is 0. The molecule has 0 atom stereocenters. The molecule has 0 unspecified atom stereocenters. The molecule has 0 saturated heterocycles. The van der Waals surface area contributed by atoms with Crippen molar-refractivity contribution in [1.82, 2.24) is 10.0 Å². The molecular formula is C10H20N6O4. The van der Waals surface area contributed by atoms with E-state index in [2.05, 4.69) is 0 Å². The minimum absolute atomic E-state index is 0.000682. The van der Waals surface area contributed by atoms with Gasteiger partial charge >= 0.3 is 0 Å². The Bertz CT molecular complexity index is 326. The Morgan fingerprint density at radius 1 is 0.850 bits per heavy atom. The highest BCUT2D eigenvalue weighted by Gasteiger charge is 1.98. The van der Waals surface area contributed by atoms with Gasteiger partial charge in [0.1, 0.15) is 25.8 Å². The van der Waals surface area contributed by atoms with E-state index in [0.717, 1.165) is 10.0 Å². The van der Waals surface area contributed by atoms with Crippen LogP contribution in [-0.2, 0) is 19.1 Å². The fourth-order valence-corrected chi connectivity index (χ4v) is 0.998. The summed E-state index contributed by atoms with van der Waals surface area (Å²) in [5.41, 5.74) is 10.9. The summed E-state index contributed by atoms with van der Waals surface area (Å²) in [7, 11) is 0. The van der Waals surface area contributed by atoms with E-state index >= 15 is 0 Å². The third-order valence-electron chi connectivity index (χ3n) is 1.78. The van der Waals surface area contributed by atoms with Crippen molar-refractivity contribution in [2.75, 3.05) is 26.3 Å². The highest BCUT2D eigenvalue weighted by molar-refractivity contribution is 5.52. The first-order valence-corrected chi connectivity index (χ1v) is 5.59. The third-order valence-corrected chi connectivity index (χ3v) is 1.78. The fourth-order valence-electron chi connectivity index (χ4n) is 0.998. The molecule has 10 heteroatoms. The molecule has 0 aromatic heterocycles. The Kier molecular flexibility index (Phi) is 9.17. The summed E-state index contributed by atoms with van der Waals surface area (Å²) in [6.07, 6.45) is 3.77. The van der Waals surface area contributed by atoms with Gasteiger partial charge in [0.05, 0.1) is 25.5 Å². The Hall–Kier alpha value is -2.46. The lowest BCUT2D eigenvalue weighted by molar-refractivity contribution is -0.109. The third kappa shape index (κ3) is 9.56. The normalized spacial score (nSPS) is 11.7. The zero-order valence-corrected chi connectivity index (χ0v) is 11.0. The van der Waals surface area contributed by atoms with Crippen molar-refractivity contribution in [2.45, 2.75) is 0 Å². The average Bonchev–Trinajstić information content (AvgIpc) is 2.35. The van der Waals surface area contributed by atoms with Crippen molar-refractivity contribution in [3.05, 3.63) is 24.2 Å². The summed E-state index contributed by atoms with van der Waals surface area (Å²) in [6.45, 7) is 0.229. The molecule has 0 rings (SSSR count). The van der Waals surface area contributed by atoms with E-state index in [-0.39, 0.29) is 38.1 Å². The van der Waals surface area contributed by atoms with E-state index in [1.165, 1.54) is 12.4 Å². The van der Waals surface area contributed by atoms with Gasteiger partial charge in [0.25, 0.3) is 0 Å². The second kappa shape index (κ2) is 10.5. The number of nitrogens with zero attached hydrogens (tertiary/aromatic N) is 2. The molecule has 20 heavy (non-hydrogen) atoms. The zero-order valence-electron chi connectivity index (χ0n) is 11.0. The monoisotopic (exact) mass is 288 g/mol. The molecule has 0 aliphatic heterocycles. The maximum atomic E-state index is 10.2. The predicted octanol–water partition coefficient (Wildman–Crippen LogP) is -2.72. The first-order valence-electron chi connectivity index (χ1n) is 5.59. The van der Waals surface area contributed by atoms with Gasteiger partial charge in [-0.2, -0.15) is 0 Å². The number of hydrogen-bond acceptors (Lipinski definition) is 10. The van der Waals surface area contributed by atoms with Crippen LogP contribution in [-0.4, -0.2) is 48.9 Å². The SMILES string of the molecule is N/C(=C\N(N)CC=O)OCCO/C(N)=C/N(N)CC=O. The van der Waals surface area contributed by atoms with Gasteiger partial charge < -0.3 is 40.5 Å². The maximum absolute atomic E-state index is 10.2. The van der Waals surface area contributed by atoms with Crippen molar-refractivity contribution in [1.29, 1.82) is 0 Å². The topological polar surface area (TPSA) is 163 Å². The van der Waals surface area contributed by atoms with E-state index in [9.17, 15) is 9.59 Å². The van der Waals surface area contributed by atoms with Crippen molar-refractivity contribution in [3.8, 4) is 0 Å². The molecule has 0 aromatic rings. The summed E-state index contributed by atoms with van der Waals surface area (Å²) in [5, 5.41) is 2.15. The molecule has 0 saturated carbocycles. The van der Waals surface area contributed by atoms with Crippen LogP contribution in [0.2, 0.25) is 0 Å². The van der Waals surface area contributed by atoms with E-state index in [1.54, 1.807) is 0 Å². The van der Waals surface area contributed by atoms with Crippen LogP contribution in [0, 0.1) is 0 Å². The lowest BCUT2D eigenvalue weighted by atomic mass is 10.6. The van der Waals surface area contributed by atoms with E-state index < -0.39 is 0 Å². The molecule has 0 aliphatic rings. The molecule has 0 radical (unpaired) electrons. The van der Waals surface area contributed by atoms with Gasteiger partial charge in [-0.3, -0.25) is 0 Å². The van der Waals surface area contributed by atoms with Gasteiger partial charge in [-0.25, -0.2) is 11.7 Å². The van der Waals surface area contributed by atoms with Crippen LogP contribution in [0.1, 0.15) is 0 Å². The van der Waals surface area contributed by atoms with Crippen LogP contribution >= 0.6 is 0 Å². The molecule has 8 N–H and O–H groups in total. The lowest BCUT2D eigenvalue weighted by Crippen LogP contribution is -2.29. The van der Waals surface area contributed by atoms with Gasteiger partial charge in [-0.1, -0.05) is 0 Å². The zero-order chi connectivity index (χ0) is 15.4. The van der Waals surface area contributed by atoms with Crippen LogP contribution in [0.25, 0.3) is 0 Å². The second-order valence-electron chi connectivity index (χ2n) is 3.49. The molecule has 114 valence electrons. The molecule has 0 aliphatic carbocycles.